The largest absolute Gasteiger partial charge is 0.399 e. The zero-order chi connectivity index (χ0) is 13.4. The van der Waals surface area contributed by atoms with Gasteiger partial charge in [-0.25, -0.2) is 0 Å². The van der Waals surface area contributed by atoms with Crippen LogP contribution in [0.2, 0.25) is 0 Å². The minimum Gasteiger partial charge on any atom is -0.399 e. The minimum atomic E-state index is 0. The Morgan fingerprint density at radius 3 is 2.40 bits per heavy atom. The normalized spacial score (nSPS) is 24.9. The van der Waals surface area contributed by atoms with Gasteiger partial charge >= 0.3 is 0 Å². The number of nitrogen functional groups attached to an aromatic ring is 1. The minimum absolute atomic E-state index is 0. The van der Waals surface area contributed by atoms with E-state index in [2.05, 4.69) is 0 Å². The van der Waals surface area contributed by atoms with Gasteiger partial charge in [0.05, 0.1) is 0 Å². The predicted molar refractivity (Wildman–Crippen MR) is 84.2 cm³/mol. The highest BCUT2D eigenvalue weighted by Gasteiger charge is 2.36. The molecule has 1 aliphatic heterocycles. The van der Waals surface area contributed by atoms with Crippen molar-refractivity contribution in [1.82, 2.24) is 4.90 Å². The highest BCUT2D eigenvalue weighted by atomic mass is 35.5. The van der Waals surface area contributed by atoms with Crippen LogP contribution in [0.5, 0.6) is 0 Å². The first kappa shape index (κ1) is 15.2. The maximum absolute atomic E-state index is 12.6. The first-order valence-electron chi connectivity index (χ1n) is 7.30. The Hall–Kier alpha value is -1.22. The fraction of sp³-hybridized carbons (Fsp3) is 0.562. The number of rotatable bonds is 1. The number of carbonyl (C=O) groups excluding carboxylic acids is 1. The Kier molecular flexibility index (Phi) is 4.59. The second-order valence-corrected chi connectivity index (χ2v) is 6.09. The van der Waals surface area contributed by atoms with Gasteiger partial charge < -0.3 is 10.6 Å². The Morgan fingerprint density at radius 1 is 1.20 bits per heavy atom. The Balaban J connectivity index is 0.00000147. The van der Waals surface area contributed by atoms with Gasteiger partial charge in [0.1, 0.15) is 0 Å². The van der Waals surface area contributed by atoms with Crippen LogP contribution in [-0.4, -0.2) is 23.9 Å². The fourth-order valence-corrected chi connectivity index (χ4v) is 3.61. The Morgan fingerprint density at radius 2 is 1.80 bits per heavy atom. The molecule has 2 fully saturated rings. The molecular weight excluding hydrogens is 272 g/mol. The van der Waals surface area contributed by atoms with Gasteiger partial charge in [0, 0.05) is 24.3 Å². The van der Waals surface area contributed by atoms with Crippen molar-refractivity contribution >= 4 is 24.0 Å². The Labute approximate surface area is 126 Å². The number of amides is 1. The molecule has 1 amide bonds. The van der Waals surface area contributed by atoms with Crippen molar-refractivity contribution < 1.29 is 4.79 Å². The van der Waals surface area contributed by atoms with Crippen LogP contribution in [0.1, 0.15) is 41.6 Å². The van der Waals surface area contributed by atoms with Crippen LogP contribution >= 0.6 is 12.4 Å². The molecule has 0 aromatic heterocycles. The van der Waals surface area contributed by atoms with Crippen molar-refractivity contribution in [3.63, 3.8) is 0 Å². The van der Waals surface area contributed by atoms with E-state index in [0.29, 0.717) is 5.69 Å². The van der Waals surface area contributed by atoms with Crippen LogP contribution in [0, 0.1) is 18.8 Å². The molecule has 2 N–H and O–H groups in total. The van der Waals surface area contributed by atoms with Crippen molar-refractivity contribution in [2.24, 2.45) is 11.8 Å². The topological polar surface area (TPSA) is 46.3 Å². The molecular formula is C16H23ClN2O. The van der Waals surface area contributed by atoms with Crippen LogP contribution in [0.4, 0.5) is 5.69 Å². The summed E-state index contributed by atoms with van der Waals surface area (Å²) in [6.45, 7) is 3.87. The lowest BCUT2D eigenvalue weighted by Gasteiger charge is -2.22. The molecule has 4 heteroatoms. The summed E-state index contributed by atoms with van der Waals surface area (Å²) in [5, 5.41) is 0. The van der Waals surface area contributed by atoms with Crippen molar-refractivity contribution in [2.45, 2.75) is 32.6 Å². The summed E-state index contributed by atoms with van der Waals surface area (Å²) in [4.78, 5) is 14.7. The number of fused-ring (bicyclic) bond motifs is 1. The number of nitrogens with zero attached hydrogens (tertiary/aromatic N) is 1. The number of aryl methyl sites for hydroxylation is 1. The molecule has 2 atom stereocenters. The third kappa shape index (κ3) is 2.78. The highest BCUT2D eigenvalue weighted by molar-refractivity contribution is 5.96. The van der Waals surface area contributed by atoms with Crippen molar-refractivity contribution in [2.75, 3.05) is 18.8 Å². The summed E-state index contributed by atoms with van der Waals surface area (Å²) in [7, 11) is 0. The third-order valence-electron chi connectivity index (χ3n) is 4.76. The standard InChI is InChI=1S/C16H22N2O.ClH/c1-11-6-7-14(17)8-15(11)16(19)18-9-12-4-2-3-5-13(12)10-18;/h6-8,12-13H,2-5,9-10,17H2,1H3;1H. The SMILES string of the molecule is Cc1ccc(N)cc1C(=O)N1CC2CCCCC2C1.Cl. The van der Waals surface area contributed by atoms with Crippen LogP contribution in [0.3, 0.4) is 0 Å². The van der Waals surface area contributed by atoms with Crippen LogP contribution in [-0.2, 0) is 0 Å². The zero-order valence-corrected chi connectivity index (χ0v) is 12.8. The number of halogens is 1. The smallest absolute Gasteiger partial charge is 0.254 e. The number of hydrogen-bond donors (Lipinski definition) is 1. The molecule has 110 valence electrons. The monoisotopic (exact) mass is 294 g/mol. The maximum atomic E-state index is 12.6. The van der Waals surface area contributed by atoms with E-state index in [4.69, 9.17) is 5.73 Å². The molecule has 3 nitrogen and oxygen atoms in total. The van der Waals surface area contributed by atoms with Crippen molar-refractivity contribution in [3.05, 3.63) is 29.3 Å². The van der Waals surface area contributed by atoms with E-state index < -0.39 is 0 Å². The van der Waals surface area contributed by atoms with Gasteiger partial charge in [-0.1, -0.05) is 18.9 Å². The zero-order valence-electron chi connectivity index (χ0n) is 12.0. The molecule has 0 bridgehead atoms. The van der Waals surface area contributed by atoms with E-state index in [0.717, 1.165) is 36.1 Å². The molecule has 0 spiro atoms. The summed E-state index contributed by atoms with van der Waals surface area (Å²) in [5.74, 6) is 1.64. The lowest BCUT2D eigenvalue weighted by atomic mass is 9.82. The summed E-state index contributed by atoms with van der Waals surface area (Å²) < 4.78 is 0. The molecule has 1 saturated carbocycles. The van der Waals surface area contributed by atoms with E-state index in [1.165, 1.54) is 25.7 Å². The van der Waals surface area contributed by atoms with E-state index in [-0.39, 0.29) is 18.3 Å². The number of likely N-dealkylation sites (tertiary alicyclic amines) is 1. The van der Waals surface area contributed by atoms with Crippen molar-refractivity contribution in [3.8, 4) is 0 Å². The molecule has 2 unspecified atom stereocenters. The van der Waals surface area contributed by atoms with E-state index >= 15 is 0 Å². The van der Waals surface area contributed by atoms with Gasteiger partial charge in [0.15, 0.2) is 0 Å². The fourth-order valence-electron chi connectivity index (χ4n) is 3.61. The predicted octanol–water partition coefficient (Wildman–Crippen LogP) is 3.26. The molecule has 2 aliphatic rings. The second kappa shape index (κ2) is 6.04. The molecule has 3 rings (SSSR count). The quantitative estimate of drug-likeness (QED) is 0.808. The molecule has 1 aromatic carbocycles. The number of nitrogens with two attached hydrogens (primary N) is 1. The summed E-state index contributed by atoms with van der Waals surface area (Å²) >= 11 is 0. The highest BCUT2D eigenvalue weighted by Crippen LogP contribution is 2.36. The lowest BCUT2D eigenvalue weighted by Crippen LogP contribution is -2.29. The number of benzene rings is 1. The summed E-state index contributed by atoms with van der Waals surface area (Å²) in [6.07, 6.45) is 5.26. The van der Waals surface area contributed by atoms with E-state index in [1.54, 1.807) is 0 Å². The lowest BCUT2D eigenvalue weighted by molar-refractivity contribution is 0.0783. The van der Waals surface area contributed by atoms with Gasteiger partial charge in [-0.3, -0.25) is 4.79 Å². The number of anilines is 1. The van der Waals surface area contributed by atoms with Crippen LogP contribution in [0.15, 0.2) is 18.2 Å². The second-order valence-electron chi connectivity index (χ2n) is 6.09. The average molecular weight is 295 g/mol. The first-order chi connectivity index (χ1) is 9.15. The molecule has 1 saturated heterocycles. The van der Waals surface area contributed by atoms with E-state index in [9.17, 15) is 4.79 Å². The van der Waals surface area contributed by atoms with E-state index in [1.807, 2.05) is 30.0 Å². The number of carbonyl (C=O) groups is 1. The van der Waals surface area contributed by atoms with Crippen LogP contribution in [0.25, 0.3) is 0 Å². The van der Waals surface area contributed by atoms with Gasteiger partial charge in [-0.05, 0) is 49.3 Å². The van der Waals surface area contributed by atoms with Crippen LogP contribution < -0.4 is 5.73 Å². The molecule has 1 heterocycles. The molecule has 1 aromatic rings. The molecule has 1 aliphatic carbocycles. The molecule has 20 heavy (non-hydrogen) atoms. The number of hydrogen-bond acceptors (Lipinski definition) is 2. The van der Waals surface area contributed by atoms with Crippen molar-refractivity contribution in [1.29, 1.82) is 0 Å². The molecule has 0 radical (unpaired) electrons. The summed E-state index contributed by atoms with van der Waals surface area (Å²) in [6, 6.07) is 5.61. The first-order valence-corrected chi connectivity index (χ1v) is 7.30. The Bertz CT molecular complexity index is 489. The van der Waals surface area contributed by atoms with Gasteiger partial charge in [0.25, 0.3) is 5.91 Å². The maximum Gasteiger partial charge on any atom is 0.254 e. The van der Waals surface area contributed by atoms with Gasteiger partial charge in [-0.15, -0.1) is 12.4 Å². The third-order valence-corrected chi connectivity index (χ3v) is 4.76. The average Bonchev–Trinajstić information content (AvgIpc) is 2.84. The summed E-state index contributed by atoms with van der Waals surface area (Å²) in [5.41, 5.74) is 8.28. The van der Waals surface area contributed by atoms with Gasteiger partial charge in [0.2, 0.25) is 0 Å². The van der Waals surface area contributed by atoms with Gasteiger partial charge in [-0.2, -0.15) is 0 Å².